The molecule has 0 spiro atoms. The maximum absolute atomic E-state index is 11.1. The van der Waals surface area contributed by atoms with Crippen LogP contribution in [-0.2, 0) is 15.6 Å². The van der Waals surface area contributed by atoms with Crippen LogP contribution >= 0.6 is 15.9 Å². The van der Waals surface area contributed by atoms with Gasteiger partial charge < -0.3 is 4.74 Å². The Hall–Kier alpha value is -0.620. The van der Waals surface area contributed by atoms with Crippen LogP contribution in [0.15, 0.2) is 16.7 Å². The summed E-state index contributed by atoms with van der Waals surface area (Å²) in [6.45, 7) is 0. The Morgan fingerprint density at radius 2 is 2.21 bits per heavy atom. The molecule has 0 fully saturated rings. The van der Waals surface area contributed by atoms with Gasteiger partial charge in [-0.3, -0.25) is 0 Å². The molecule has 1 aromatic rings. The van der Waals surface area contributed by atoms with Gasteiger partial charge in [0.25, 0.3) is 0 Å². The maximum Gasteiger partial charge on any atom is 0.217 e. The van der Waals surface area contributed by atoms with Crippen molar-refractivity contribution in [3.63, 3.8) is 0 Å². The lowest BCUT2D eigenvalue weighted by atomic mass is 10.3. The number of pyridine rings is 1. The minimum atomic E-state index is -3.07. The first kappa shape index (κ1) is 11.5. The SMILES string of the molecule is COc1ncc(Br)cc1CS(C)(=O)=O. The molecule has 0 aliphatic heterocycles. The van der Waals surface area contributed by atoms with Crippen LogP contribution in [0.5, 0.6) is 5.88 Å². The number of halogens is 1. The fourth-order valence-corrected chi connectivity index (χ4v) is 2.19. The number of nitrogens with zero attached hydrogens (tertiary/aromatic N) is 1. The van der Waals surface area contributed by atoms with Gasteiger partial charge in [-0.1, -0.05) is 0 Å². The zero-order valence-electron chi connectivity index (χ0n) is 7.82. The lowest BCUT2D eigenvalue weighted by Gasteiger charge is -2.06. The average Bonchev–Trinajstić information content (AvgIpc) is 2.01. The van der Waals surface area contributed by atoms with Gasteiger partial charge in [0, 0.05) is 22.5 Å². The van der Waals surface area contributed by atoms with Crippen molar-refractivity contribution in [3.8, 4) is 5.88 Å². The summed E-state index contributed by atoms with van der Waals surface area (Å²) < 4.78 is 27.8. The molecule has 1 heterocycles. The largest absolute Gasteiger partial charge is 0.481 e. The lowest BCUT2D eigenvalue weighted by molar-refractivity contribution is 0.393. The quantitative estimate of drug-likeness (QED) is 0.839. The standard InChI is InChI=1S/C8H10BrNO3S/c1-13-8-6(5-14(2,11)12)3-7(9)4-10-8/h3-4H,5H2,1-2H3. The smallest absolute Gasteiger partial charge is 0.217 e. The van der Waals surface area contributed by atoms with E-state index in [4.69, 9.17) is 4.74 Å². The van der Waals surface area contributed by atoms with Crippen molar-refractivity contribution in [1.82, 2.24) is 4.98 Å². The number of rotatable bonds is 3. The van der Waals surface area contributed by atoms with Gasteiger partial charge in [0.15, 0.2) is 9.84 Å². The number of ether oxygens (including phenoxy) is 1. The molecule has 0 bridgehead atoms. The average molecular weight is 280 g/mol. The Kier molecular flexibility index (Phi) is 3.49. The molecule has 0 unspecified atom stereocenters. The molecule has 0 aliphatic rings. The first-order chi connectivity index (χ1) is 6.42. The molecule has 0 saturated carbocycles. The van der Waals surface area contributed by atoms with Crippen LogP contribution in [0.1, 0.15) is 5.56 Å². The first-order valence-corrected chi connectivity index (χ1v) is 6.64. The summed E-state index contributed by atoms with van der Waals surface area (Å²) in [4.78, 5) is 3.95. The Balaban J connectivity index is 3.11. The van der Waals surface area contributed by atoms with Gasteiger partial charge in [-0.2, -0.15) is 0 Å². The molecular formula is C8H10BrNO3S. The number of hydrogen-bond acceptors (Lipinski definition) is 4. The topological polar surface area (TPSA) is 56.3 Å². The van der Waals surface area contributed by atoms with Crippen molar-refractivity contribution >= 4 is 25.8 Å². The molecule has 0 saturated heterocycles. The summed E-state index contributed by atoms with van der Waals surface area (Å²) in [5.41, 5.74) is 0.560. The van der Waals surface area contributed by atoms with Crippen LogP contribution in [0.4, 0.5) is 0 Å². The van der Waals surface area contributed by atoms with E-state index in [1.54, 1.807) is 12.3 Å². The van der Waals surface area contributed by atoms with Gasteiger partial charge in [0.2, 0.25) is 5.88 Å². The molecule has 6 heteroatoms. The van der Waals surface area contributed by atoms with Gasteiger partial charge in [-0.25, -0.2) is 13.4 Å². The zero-order chi connectivity index (χ0) is 10.8. The second kappa shape index (κ2) is 4.27. The highest BCUT2D eigenvalue weighted by Gasteiger charge is 2.11. The Bertz CT molecular complexity index is 430. The van der Waals surface area contributed by atoms with E-state index in [1.165, 1.54) is 13.4 Å². The van der Waals surface area contributed by atoms with E-state index >= 15 is 0 Å². The van der Waals surface area contributed by atoms with Gasteiger partial charge >= 0.3 is 0 Å². The molecule has 1 rings (SSSR count). The molecule has 4 nitrogen and oxygen atoms in total. The third-order valence-corrected chi connectivity index (χ3v) is 2.77. The first-order valence-electron chi connectivity index (χ1n) is 3.78. The summed E-state index contributed by atoms with van der Waals surface area (Å²) in [5, 5.41) is 0. The number of methoxy groups -OCH3 is 1. The molecule has 0 amide bonds. The summed E-state index contributed by atoms with van der Waals surface area (Å²) in [7, 11) is -1.61. The molecule has 1 aromatic heterocycles. The molecular weight excluding hydrogens is 270 g/mol. The van der Waals surface area contributed by atoms with E-state index in [2.05, 4.69) is 20.9 Å². The second-order valence-electron chi connectivity index (χ2n) is 2.89. The molecule has 0 atom stereocenters. The highest BCUT2D eigenvalue weighted by Crippen LogP contribution is 2.21. The maximum atomic E-state index is 11.1. The number of hydrogen-bond donors (Lipinski definition) is 0. The highest BCUT2D eigenvalue weighted by atomic mass is 79.9. The van der Waals surface area contributed by atoms with E-state index < -0.39 is 9.84 Å². The second-order valence-corrected chi connectivity index (χ2v) is 5.95. The highest BCUT2D eigenvalue weighted by molar-refractivity contribution is 9.10. The van der Waals surface area contributed by atoms with E-state index in [0.717, 1.165) is 4.47 Å². The zero-order valence-corrected chi connectivity index (χ0v) is 10.2. The molecule has 78 valence electrons. The predicted molar refractivity (Wildman–Crippen MR) is 57.0 cm³/mol. The fraction of sp³-hybridized carbons (Fsp3) is 0.375. The molecule has 0 aromatic carbocycles. The van der Waals surface area contributed by atoms with Crippen LogP contribution in [0.2, 0.25) is 0 Å². The van der Waals surface area contributed by atoms with Crippen molar-refractivity contribution in [3.05, 3.63) is 22.3 Å². The van der Waals surface area contributed by atoms with E-state index in [1.807, 2.05) is 0 Å². The monoisotopic (exact) mass is 279 g/mol. The minimum Gasteiger partial charge on any atom is -0.481 e. The fourth-order valence-electron chi connectivity index (χ4n) is 1.04. The van der Waals surface area contributed by atoms with Crippen LogP contribution < -0.4 is 4.74 Å². The normalized spacial score (nSPS) is 11.4. The van der Waals surface area contributed by atoms with Crippen LogP contribution in [0.25, 0.3) is 0 Å². The number of aromatic nitrogens is 1. The van der Waals surface area contributed by atoms with Crippen molar-refractivity contribution < 1.29 is 13.2 Å². The Morgan fingerprint density at radius 3 is 2.71 bits per heavy atom. The molecule has 0 aliphatic carbocycles. The van der Waals surface area contributed by atoms with Crippen LogP contribution in [0, 0.1) is 0 Å². The van der Waals surface area contributed by atoms with Crippen LogP contribution in [0.3, 0.4) is 0 Å². The van der Waals surface area contributed by atoms with E-state index in [-0.39, 0.29) is 5.75 Å². The summed E-state index contributed by atoms with van der Waals surface area (Å²) in [6, 6.07) is 1.69. The molecule has 0 N–H and O–H groups in total. The Labute approximate surface area is 91.4 Å². The number of sulfone groups is 1. The summed E-state index contributed by atoms with van der Waals surface area (Å²) in [5.74, 6) is 0.279. The lowest BCUT2D eigenvalue weighted by Crippen LogP contribution is -2.03. The predicted octanol–water partition coefficient (Wildman–Crippen LogP) is 1.40. The molecule has 14 heavy (non-hydrogen) atoms. The minimum absolute atomic E-state index is 0.0669. The van der Waals surface area contributed by atoms with Gasteiger partial charge in [0.05, 0.1) is 12.9 Å². The summed E-state index contributed by atoms with van der Waals surface area (Å²) in [6.07, 6.45) is 2.73. The third-order valence-electron chi connectivity index (χ3n) is 1.50. The van der Waals surface area contributed by atoms with Crippen molar-refractivity contribution in [1.29, 1.82) is 0 Å². The summed E-state index contributed by atoms with van der Waals surface area (Å²) >= 11 is 3.22. The van der Waals surface area contributed by atoms with Gasteiger partial charge in [0.1, 0.15) is 0 Å². The van der Waals surface area contributed by atoms with Crippen LogP contribution in [-0.4, -0.2) is 26.8 Å². The van der Waals surface area contributed by atoms with Crippen molar-refractivity contribution in [2.45, 2.75) is 5.75 Å². The Morgan fingerprint density at radius 1 is 1.57 bits per heavy atom. The van der Waals surface area contributed by atoms with E-state index in [9.17, 15) is 8.42 Å². The van der Waals surface area contributed by atoms with Gasteiger partial charge in [-0.15, -0.1) is 0 Å². The third kappa shape index (κ3) is 3.26. The van der Waals surface area contributed by atoms with E-state index in [0.29, 0.717) is 11.4 Å². The van der Waals surface area contributed by atoms with Crippen molar-refractivity contribution in [2.75, 3.05) is 13.4 Å². The van der Waals surface area contributed by atoms with Gasteiger partial charge in [-0.05, 0) is 22.0 Å². The molecule has 0 radical (unpaired) electrons. The van der Waals surface area contributed by atoms with Crippen molar-refractivity contribution in [2.24, 2.45) is 0 Å².